The highest BCUT2D eigenvalue weighted by Gasteiger charge is 2.09. The molecular formula is C10H16O4. The van der Waals surface area contributed by atoms with Crippen LogP contribution in [0.3, 0.4) is 0 Å². The largest absolute Gasteiger partial charge is 0.513 e. The summed E-state index contributed by atoms with van der Waals surface area (Å²) in [6, 6.07) is 0. The molecule has 0 rings (SSSR count). The van der Waals surface area contributed by atoms with Gasteiger partial charge in [0, 0.05) is 5.57 Å². The normalized spacial score (nSPS) is 11.1. The summed E-state index contributed by atoms with van der Waals surface area (Å²) >= 11 is 0. The van der Waals surface area contributed by atoms with Crippen LogP contribution in [0.25, 0.3) is 0 Å². The Balaban J connectivity index is 3.85. The predicted molar refractivity (Wildman–Crippen MR) is 52.0 cm³/mol. The molecule has 0 saturated heterocycles. The van der Waals surface area contributed by atoms with Crippen molar-refractivity contribution in [3.05, 3.63) is 11.6 Å². The molecule has 0 spiro atoms. The topological polar surface area (TPSA) is 63.6 Å². The van der Waals surface area contributed by atoms with E-state index in [1.165, 1.54) is 0 Å². The summed E-state index contributed by atoms with van der Waals surface area (Å²) in [4.78, 5) is 21.0. The molecule has 4 heteroatoms. The van der Waals surface area contributed by atoms with Gasteiger partial charge in [-0.15, -0.1) is 0 Å². The van der Waals surface area contributed by atoms with Crippen molar-refractivity contribution in [2.24, 2.45) is 0 Å². The van der Waals surface area contributed by atoms with Crippen molar-refractivity contribution in [3.8, 4) is 0 Å². The van der Waals surface area contributed by atoms with Crippen LogP contribution < -0.4 is 0 Å². The average Bonchev–Trinajstić information content (AvgIpc) is 2.11. The highest BCUT2D eigenvalue weighted by atomic mass is 16.7. The fraction of sp³-hybridized carbons (Fsp3) is 0.600. The maximum Gasteiger partial charge on any atom is 0.513 e. The van der Waals surface area contributed by atoms with Crippen molar-refractivity contribution in [1.29, 1.82) is 0 Å². The molecule has 0 aliphatic rings. The number of allylic oxidation sites excluding steroid dienone is 1. The van der Waals surface area contributed by atoms with Gasteiger partial charge in [-0.1, -0.05) is 25.8 Å². The first kappa shape index (κ1) is 12.7. The summed E-state index contributed by atoms with van der Waals surface area (Å²) in [5, 5.41) is 8.17. The van der Waals surface area contributed by atoms with E-state index in [0.29, 0.717) is 5.57 Å². The minimum Gasteiger partial charge on any atom is -0.449 e. The summed E-state index contributed by atoms with van der Waals surface area (Å²) in [6.45, 7) is 3.65. The van der Waals surface area contributed by atoms with Crippen LogP contribution in [0.15, 0.2) is 11.6 Å². The lowest BCUT2D eigenvalue weighted by molar-refractivity contribution is -0.134. The number of carboxylic acid groups (broad SMARTS) is 1. The fourth-order valence-corrected chi connectivity index (χ4v) is 0.956. The molecule has 0 heterocycles. The number of hydrogen-bond donors (Lipinski definition) is 1. The summed E-state index contributed by atoms with van der Waals surface area (Å²) in [5.41, 5.74) is 0.350. The van der Waals surface area contributed by atoms with Gasteiger partial charge in [0.25, 0.3) is 0 Å². The Labute approximate surface area is 83.6 Å². The number of ether oxygens (including phenoxy) is 1. The third kappa shape index (κ3) is 6.22. The second kappa shape index (κ2) is 7.12. The number of esters is 1. The number of rotatable bonds is 5. The van der Waals surface area contributed by atoms with Gasteiger partial charge in [-0.3, -0.25) is 0 Å². The third-order valence-corrected chi connectivity index (χ3v) is 1.76. The van der Waals surface area contributed by atoms with Crippen LogP contribution in [-0.2, 0) is 9.53 Å². The molecule has 1 N–H and O–H groups in total. The van der Waals surface area contributed by atoms with Crippen LogP contribution in [0.2, 0.25) is 0 Å². The molecule has 0 aromatic rings. The summed E-state index contributed by atoms with van der Waals surface area (Å²) in [7, 11) is 0. The SMILES string of the molecule is CCCCCC=C(C)C(=O)OC(=O)O. The van der Waals surface area contributed by atoms with E-state index >= 15 is 0 Å². The van der Waals surface area contributed by atoms with Gasteiger partial charge >= 0.3 is 12.1 Å². The van der Waals surface area contributed by atoms with E-state index in [2.05, 4.69) is 11.7 Å². The third-order valence-electron chi connectivity index (χ3n) is 1.76. The second-order valence-corrected chi connectivity index (χ2v) is 3.04. The minimum atomic E-state index is -1.56. The monoisotopic (exact) mass is 200 g/mol. The predicted octanol–water partition coefficient (Wildman–Crippen LogP) is 2.73. The first-order valence-electron chi connectivity index (χ1n) is 4.69. The van der Waals surface area contributed by atoms with Crippen LogP contribution in [0.4, 0.5) is 4.79 Å². The van der Waals surface area contributed by atoms with Gasteiger partial charge in [0.15, 0.2) is 0 Å². The van der Waals surface area contributed by atoms with Crippen molar-refractivity contribution >= 4 is 12.1 Å². The van der Waals surface area contributed by atoms with E-state index in [-0.39, 0.29) is 0 Å². The Hall–Kier alpha value is -1.32. The molecule has 0 atom stereocenters. The Morgan fingerprint density at radius 1 is 1.36 bits per heavy atom. The van der Waals surface area contributed by atoms with Gasteiger partial charge in [-0.05, 0) is 19.8 Å². The minimum absolute atomic E-state index is 0.350. The lowest BCUT2D eigenvalue weighted by Crippen LogP contribution is -2.10. The van der Waals surface area contributed by atoms with E-state index in [4.69, 9.17) is 5.11 Å². The Bertz CT molecular complexity index is 230. The van der Waals surface area contributed by atoms with Gasteiger partial charge in [-0.25, -0.2) is 9.59 Å². The van der Waals surface area contributed by atoms with Crippen LogP contribution in [0.5, 0.6) is 0 Å². The van der Waals surface area contributed by atoms with Gasteiger partial charge in [0.2, 0.25) is 0 Å². The van der Waals surface area contributed by atoms with E-state index in [0.717, 1.165) is 25.7 Å². The Kier molecular flexibility index (Phi) is 6.45. The molecule has 0 aromatic carbocycles. The molecule has 0 fully saturated rings. The first-order valence-corrected chi connectivity index (χ1v) is 4.69. The van der Waals surface area contributed by atoms with E-state index in [1.807, 2.05) is 0 Å². The van der Waals surface area contributed by atoms with Crippen molar-refractivity contribution < 1.29 is 19.4 Å². The molecule has 14 heavy (non-hydrogen) atoms. The van der Waals surface area contributed by atoms with Crippen LogP contribution in [0.1, 0.15) is 39.5 Å². The fourth-order valence-electron chi connectivity index (χ4n) is 0.956. The number of hydrogen-bond acceptors (Lipinski definition) is 3. The van der Waals surface area contributed by atoms with Gasteiger partial charge in [-0.2, -0.15) is 0 Å². The quantitative estimate of drug-likeness (QED) is 0.321. The summed E-state index contributed by atoms with van der Waals surface area (Å²) in [5.74, 6) is -0.783. The Morgan fingerprint density at radius 3 is 2.50 bits per heavy atom. The molecule has 0 aliphatic carbocycles. The van der Waals surface area contributed by atoms with Crippen LogP contribution in [0, 0.1) is 0 Å². The van der Waals surface area contributed by atoms with Gasteiger partial charge < -0.3 is 9.84 Å². The van der Waals surface area contributed by atoms with Crippen LogP contribution in [-0.4, -0.2) is 17.2 Å². The number of unbranched alkanes of at least 4 members (excludes halogenated alkanes) is 3. The smallest absolute Gasteiger partial charge is 0.449 e. The average molecular weight is 200 g/mol. The molecule has 0 saturated carbocycles. The molecule has 0 aromatic heterocycles. The highest BCUT2D eigenvalue weighted by Crippen LogP contribution is 2.04. The maximum atomic E-state index is 10.9. The molecule has 0 amide bonds. The summed E-state index contributed by atoms with van der Waals surface area (Å²) < 4.78 is 3.98. The van der Waals surface area contributed by atoms with Crippen molar-refractivity contribution in [3.63, 3.8) is 0 Å². The zero-order chi connectivity index (χ0) is 11.0. The molecule has 4 nitrogen and oxygen atoms in total. The summed E-state index contributed by atoms with van der Waals surface area (Å²) in [6.07, 6.45) is 4.17. The molecule has 0 unspecified atom stereocenters. The zero-order valence-corrected chi connectivity index (χ0v) is 8.58. The lowest BCUT2D eigenvalue weighted by atomic mass is 10.1. The molecular weight excluding hydrogens is 184 g/mol. The lowest BCUT2D eigenvalue weighted by Gasteiger charge is -1.98. The van der Waals surface area contributed by atoms with Crippen LogP contribution >= 0.6 is 0 Å². The van der Waals surface area contributed by atoms with E-state index in [9.17, 15) is 9.59 Å². The van der Waals surface area contributed by atoms with Gasteiger partial charge in [0.05, 0.1) is 0 Å². The Morgan fingerprint density at radius 2 is 2.00 bits per heavy atom. The number of carbonyl (C=O) groups is 2. The van der Waals surface area contributed by atoms with Crippen molar-refractivity contribution in [2.45, 2.75) is 39.5 Å². The van der Waals surface area contributed by atoms with Crippen molar-refractivity contribution in [2.75, 3.05) is 0 Å². The highest BCUT2D eigenvalue weighted by molar-refractivity contribution is 5.93. The van der Waals surface area contributed by atoms with Crippen molar-refractivity contribution in [1.82, 2.24) is 0 Å². The molecule has 0 bridgehead atoms. The first-order chi connectivity index (χ1) is 6.57. The molecule has 80 valence electrons. The standard InChI is InChI=1S/C10H16O4/c1-3-4-5-6-7-8(2)9(11)14-10(12)13/h7H,3-6H2,1-2H3,(H,12,13). The number of carbonyl (C=O) groups excluding carboxylic acids is 1. The maximum absolute atomic E-state index is 10.9. The zero-order valence-electron chi connectivity index (χ0n) is 8.58. The molecule has 0 aliphatic heterocycles. The van der Waals surface area contributed by atoms with E-state index < -0.39 is 12.1 Å². The molecule has 0 radical (unpaired) electrons. The van der Waals surface area contributed by atoms with E-state index in [1.54, 1.807) is 13.0 Å². The van der Waals surface area contributed by atoms with Gasteiger partial charge in [0.1, 0.15) is 0 Å². The second-order valence-electron chi connectivity index (χ2n) is 3.04.